The zero-order chi connectivity index (χ0) is 14.3. The van der Waals surface area contributed by atoms with E-state index in [2.05, 4.69) is 54.8 Å². The summed E-state index contributed by atoms with van der Waals surface area (Å²) in [6.07, 6.45) is 7.18. The quantitative estimate of drug-likeness (QED) is 0.812. The van der Waals surface area contributed by atoms with Gasteiger partial charge in [0.05, 0.1) is 0 Å². The lowest BCUT2D eigenvalue weighted by atomic mass is 10.1. The Labute approximate surface area is 116 Å². The van der Waals surface area contributed by atoms with Crippen LogP contribution in [0.25, 0.3) is 0 Å². The average molecular weight is 257 g/mol. The molecule has 0 spiro atoms. The Kier molecular flexibility index (Phi) is 6.13. The highest BCUT2D eigenvalue weighted by molar-refractivity contribution is 5.16. The zero-order valence-electron chi connectivity index (χ0n) is 12.5. The number of pyridine rings is 1. The van der Waals surface area contributed by atoms with Crippen molar-refractivity contribution in [3.63, 3.8) is 0 Å². The van der Waals surface area contributed by atoms with E-state index in [1.54, 1.807) is 6.33 Å². The summed E-state index contributed by atoms with van der Waals surface area (Å²) in [6.45, 7) is 10.6. The van der Waals surface area contributed by atoms with Gasteiger partial charge in [0.1, 0.15) is 6.33 Å². The molecule has 0 saturated heterocycles. The van der Waals surface area contributed by atoms with Crippen LogP contribution in [0.3, 0.4) is 0 Å². The third-order valence-corrected chi connectivity index (χ3v) is 2.85. The van der Waals surface area contributed by atoms with Gasteiger partial charge in [0, 0.05) is 24.3 Å². The standard InChI is InChI=1S/C9H13N.C7H10N2/c1-7(2)9-5-4-8(3)10-6-9;1-6(2)7-3-8-5-9-4-7/h4-7H,1-3H3;3-6H,1-2H3. The molecule has 3 nitrogen and oxygen atoms in total. The van der Waals surface area contributed by atoms with Gasteiger partial charge in [-0.1, -0.05) is 33.8 Å². The van der Waals surface area contributed by atoms with Crippen molar-refractivity contribution in [2.24, 2.45) is 0 Å². The van der Waals surface area contributed by atoms with Crippen molar-refractivity contribution in [1.29, 1.82) is 0 Å². The lowest BCUT2D eigenvalue weighted by Crippen LogP contribution is -1.88. The molecule has 2 rings (SSSR count). The van der Waals surface area contributed by atoms with Crippen LogP contribution >= 0.6 is 0 Å². The van der Waals surface area contributed by atoms with E-state index in [1.807, 2.05) is 25.5 Å². The second-order valence-corrected chi connectivity index (χ2v) is 5.21. The van der Waals surface area contributed by atoms with Gasteiger partial charge in [-0.05, 0) is 36.0 Å². The Bertz CT molecular complexity index is 461. The molecule has 0 aromatic carbocycles. The molecular formula is C16H23N3. The minimum absolute atomic E-state index is 0.534. The summed E-state index contributed by atoms with van der Waals surface area (Å²) in [4.78, 5) is 12.0. The number of rotatable bonds is 2. The van der Waals surface area contributed by atoms with Crippen LogP contribution in [-0.2, 0) is 0 Å². The highest BCUT2D eigenvalue weighted by atomic mass is 14.8. The molecule has 2 aromatic heterocycles. The van der Waals surface area contributed by atoms with Crippen LogP contribution in [-0.4, -0.2) is 15.0 Å². The first-order valence-electron chi connectivity index (χ1n) is 6.68. The first-order valence-corrected chi connectivity index (χ1v) is 6.68. The normalized spacial score (nSPS) is 10.3. The van der Waals surface area contributed by atoms with E-state index in [1.165, 1.54) is 11.1 Å². The van der Waals surface area contributed by atoms with Crippen LogP contribution < -0.4 is 0 Å². The fourth-order valence-corrected chi connectivity index (χ4v) is 1.43. The Morgan fingerprint density at radius 2 is 1.37 bits per heavy atom. The molecular weight excluding hydrogens is 234 g/mol. The summed E-state index contributed by atoms with van der Waals surface area (Å²) in [5, 5.41) is 0. The average Bonchev–Trinajstić information content (AvgIpc) is 2.41. The fraction of sp³-hybridized carbons (Fsp3) is 0.438. The predicted octanol–water partition coefficient (Wildman–Crippen LogP) is 4.11. The molecule has 0 aliphatic heterocycles. The van der Waals surface area contributed by atoms with Crippen molar-refractivity contribution in [3.05, 3.63) is 53.9 Å². The van der Waals surface area contributed by atoms with E-state index in [0.717, 1.165) is 5.69 Å². The first-order chi connectivity index (χ1) is 9.00. The zero-order valence-corrected chi connectivity index (χ0v) is 12.5. The Morgan fingerprint density at radius 1 is 0.789 bits per heavy atom. The molecule has 0 aliphatic carbocycles. The maximum Gasteiger partial charge on any atom is 0.115 e. The molecule has 0 N–H and O–H groups in total. The third kappa shape index (κ3) is 5.60. The minimum atomic E-state index is 0.534. The smallest absolute Gasteiger partial charge is 0.115 e. The van der Waals surface area contributed by atoms with Crippen LogP contribution in [0.2, 0.25) is 0 Å². The summed E-state index contributed by atoms with van der Waals surface area (Å²) in [7, 11) is 0. The van der Waals surface area contributed by atoms with Gasteiger partial charge < -0.3 is 0 Å². The van der Waals surface area contributed by atoms with Gasteiger partial charge in [0.15, 0.2) is 0 Å². The number of aryl methyl sites for hydroxylation is 1. The van der Waals surface area contributed by atoms with Gasteiger partial charge in [0.25, 0.3) is 0 Å². The van der Waals surface area contributed by atoms with E-state index < -0.39 is 0 Å². The molecule has 0 bridgehead atoms. The molecule has 3 heteroatoms. The van der Waals surface area contributed by atoms with Gasteiger partial charge in [-0.3, -0.25) is 4.98 Å². The molecule has 0 atom stereocenters. The summed E-state index contributed by atoms with van der Waals surface area (Å²) >= 11 is 0. The summed E-state index contributed by atoms with van der Waals surface area (Å²) in [5.41, 5.74) is 3.59. The molecule has 102 valence electrons. The molecule has 19 heavy (non-hydrogen) atoms. The topological polar surface area (TPSA) is 38.7 Å². The number of aromatic nitrogens is 3. The van der Waals surface area contributed by atoms with Crippen LogP contribution in [0, 0.1) is 6.92 Å². The van der Waals surface area contributed by atoms with Crippen LogP contribution in [0.15, 0.2) is 37.1 Å². The van der Waals surface area contributed by atoms with Crippen LogP contribution in [0.1, 0.15) is 56.4 Å². The molecule has 2 aromatic rings. The Morgan fingerprint density at radius 3 is 1.74 bits per heavy atom. The van der Waals surface area contributed by atoms with Crippen LogP contribution in [0.4, 0.5) is 0 Å². The number of hydrogen-bond donors (Lipinski definition) is 0. The number of nitrogens with zero attached hydrogens (tertiary/aromatic N) is 3. The van der Waals surface area contributed by atoms with Gasteiger partial charge in [-0.15, -0.1) is 0 Å². The molecule has 0 aliphatic rings. The van der Waals surface area contributed by atoms with E-state index in [4.69, 9.17) is 0 Å². The first kappa shape index (κ1) is 15.3. The van der Waals surface area contributed by atoms with E-state index in [9.17, 15) is 0 Å². The minimum Gasteiger partial charge on any atom is -0.261 e. The summed E-state index contributed by atoms with van der Waals surface area (Å²) < 4.78 is 0. The lowest BCUT2D eigenvalue weighted by Gasteiger charge is -2.02. The molecule has 0 unspecified atom stereocenters. The molecule has 0 amide bonds. The lowest BCUT2D eigenvalue weighted by molar-refractivity contribution is 0.845. The van der Waals surface area contributed by atoms with E-state index in [-0.39, 0.29) is 0 Å². The van der Waals surface area contributed by atoms with E-state index in [0.29, 0.717) is 11.8 Å². The van der Waals surface area contributed by atoms with Crippen molar-refractivity contribution in [2.45, 2.75) is 46.5 Å². The summed E-state index contributed by atoms with van der Waals surface area (Å²) in [5.74, 6) is 1.12. The Hall–Kier alpha value is -1.77. The molecule has 0 fully saturated rings. The van der Waals surface area contributed by atoms with Crippen molar-refractivity contribution in [2.75, 3.05) is 0 Å². The largest absolute Gasteiger partial charge is 0.261 e. The highest BCUT2D eigenvalue weighted by Crippen LogP contribution is 2.11. The van der Waals surface area contributed by atoms with Gasteiger partial charge in [-0.2, -0.15) is 0 Å². The van der Waals surface area contributed by atoms with Crippen molar-refractivity contribution < 1.29 is 0 Å². The third-order valence-electron chi connectivity index (χ3n) is 2.85. The second kappa shape index (κ2) is 7.62. The van der Waals surface area contributed by atoms with Crippen LogP contribution in [0.5, 0.6) is 0 Å². The monoisotopic (exact) mass is 257 g/mol. The molecule has 2 heterocycles. The maximum absolute atomic E-state index is 4.20. The maximum atomic E-state index is 4.20. The van der Waals surface area contributed by atoms with Crippen molar-refractivity contribution in [3.8, 4) is 0 Å². The molecule has 0 radical (unpaired) electrons. The molecule has 0 saturated carbocycles. The van der Waals surface area contributed by atoms with Crippen molar-refractivity contribution >= 4 is 0 Å². The van der Waals surface area contributed by atoms with Gasteiger partial charge >= 0.3 is 0 Å². The van der Waals surface area contributed by atoms with Gasteiger partial charge in [-0.25, -0.2) is 9.97 Å². The Balaban J connectivity index is 0.000000191. The predicted molar refractivity (Wildman–Crippen MR) is 79.2 cm³/mol. The fourth-order valence-electron chi connectivity index (χ4n) is 1.43. The van der Waals surface area contributed by atoms with Gasteiger partial charge in [0.2, 0.25) is 0 Å². The second-order valence-electron chi connectivity index (χ2n) is 5.21. The summed E-state index contributed by atoms with van der Waals surface area (Å²) in [6, 6.07) is 4.18. The van der Waals surface area contributed by atoms with Crippen molar-refractivity contribution in [1.82, 2.24) is 15.0 Å². The highest BCUT2D eigenvalue weighted by Gasteiger charge is 1.96. The van der Waals surface area contributed by atoms with E-state index >= 15 is 0 Å². The number of hydrogen-bond acceptors (Lipinski definition) is 3. The SMILES string of the molecule is CC(C)c1cncnc1.Cc1ccc(C(C)C)cn1.